The average Bonchev–Trinajstić information content (AvgIpc) is 3.19. The number of benzene rings is 3. The maximum absolute atomic E-state index is 13.6. The van der Waals surface area contributed by atoms with Gasteiger partial charge in [-0.15, -0.1) is 0 Å². The van der Waals surface area contributed by atoms with Crippen LogP contribution in [0.1, 0.15) is 15.9 Å². The number of carbonyl (C=O) groups excluding carboxylic acids is 1. The van der Waals surface area contributed by atoms with Crippen LogP contribution in [-0.4, -0.2) is 15.7 Å². The lowest BCUT2D eigenvalue weighted by molar-refractivity contribution is -0.140. The minimum Gasteiger partial charge on any atom is -0.306 e. The molecule has 0 atom stereocenters. The van der Waals surface area contributed by atoms with Crippen molar-refractivity contribution >= 4 is 34.9 Å². The number of amides is 1. The fourth-order valence-electron chi connectivity index (χ4n) is 3.12. The number of nitrogens with one attached hydrogen (secondary N) is 1. The van der Waals surface area contributed by atoms with Crippen LogP contribution < -0.4 is 5.32 Å². The van der Waals surface area contributed by atoms with Crippen molar-refractivity contribution in [1.29, 1.82) is 0 Å². The maximum Gasteiger partial charge on any atom is 0.419 e. The van der Waals surface area contributed by atoms with Crippen molar-refractivity contribution in [3.05, 3.63) is 99.8 Å². The Balaban J connectivity index is 1.78. The first-order chi connectivity index (χ1) is 15.6. The summed E-state index contributed by atoms with van der Waals surface area (Å²) in [4.78, 5) is 12.8. The molecule has 0 aliphatic carbocycles. The van der Waals surface area contributed by atoms with Gasteiger partial charge in [-0.05, 0) is 36.4 Å². The summed E-state index contributed by atoms with van der Waals surface area (Å²) in [5.41, 5.74) is -0.374. The van der Waals surface area contributed by atoms with E-state index in [9.17, 15) is 22.4 Å². The van der Waals surface area contributed by atoms with Crippen molar-refractivity contribution in [2.45, 2.75) is 6.18 Å². The molecule has 0 fully saturated rings. The van der Waals surface area contributed by atoms with E-state index in [1.165, 1.54) is 10.7 Å². The summed E-state index contributed by atoms with van der Waals surface area (Å²) in [6.07, 6.45) is -4.95. The second-order valence-electron chi connectivity index (χ2n) is 6.93. The third-order valence-electron chi connectivity index (χ3n) is 4.69. The maximum atomic E-state index is 13.6. The first-order valence-electron chi connectivity index (χ1n) is 9.42. The quantitative estimate of drug-likeness (QED) is 0.304. The topological polar surface area (TPSA) is 46.9 Å². The van der Waals surface area contributed by atoms with Crippen molar-refractivity contribution in [3.8, 4) is 16.9 Å². The van der Waals surface area contributed by atoms with Crippen molar-refractivity contribution < 1.29 is 22.4 Å². The molecular weight excluding hydrogens is 481 g/mol. The molecule has 4 nitrogen and oxygen atoms in total. The summed E-state index contributed by atoms with van der Waals surface area (Å²) >= 11 is 12.4. The van der Waals surface area contributed by atoms with Crippen molar-refractivity contribution in [2.75, 3.05) is 5.32 Å². The number of nitrogens with zero attached hydrogens (tertiary/aromatic N) is 2. The number of rotatable bonds is 4. The minimum atomic E-state index is -4.95. The van der Waals surface area contributed by atoms with Gasteiger partial charge in [0.25, 0.3) is 5.91 Å². The summed E-state index contributed by atoms with van der Waals surface area (Å²) in [7, 11) is 0. The molecule has 1 aromatic heterocycles. The van der Waals surface area contributed by atoms with Crippen molar-refractivity contribution in [3.63, 3.8) is 0 Å². The monoisotopic (exact) mass is 493 g/mol. The number of hydrogen-bond donors (Lipinski definition) is 1. The van der Waals surface area contributed by atoms with E-state index in [2.05, 4.69) is 10.4 Å². The molecule has 4 rings (SSSR count). The fraction of sp³-hybridized carbons (Fsp3) is 0.0435. The summed E-state index contributed by atoms with van der Waals surface area (Å²) in [5, 5.41) is 7.65. The molecule has 0 saturated carbocycles. The number of anilines is 1. The van der Waals surface area contributed by atoms with E-state index in [0.717, 1.165) is 11.6 Å². The Morgan fingerprint density at radius 1 is 0.939 bits per heavy atom. The molecular formula is C23H13Cl2F4N3O. The predicted molar refractivity (Wildman–Crippen MR) is 118 cm³/mol. The van der Waals surface area contributed by atoms with Gasteiger partial charge in [-0.3, -0.25) is 4.79 Å². The number of aromatic nitrogens is 2. The molecule has 1 amide bonds. The third kappa shape index (κ3) is 4.86. The molecule has 3 aromatic carbocycles. The SMILES string of the molecule is O=C(Nc1cc(-c2ccccc2)nn1-c1cc(Cl)ccc1Cl)c1ccc(F)c(C(F)(F)F)c1. The molecule has 0 saturated heterocycles. The molecule has 0 bridgehead atoms. The first-order valence-corrected chi connectivity index (χ1v) is 10.2. The zero-order valence-electron chi connectivity index (χ0n) is 16.5. The Morgan fingerprint density at radius 2 is 1.67 bits per heavy atom. The van der Waals surface area contributed by atoms with Gasteiger partial charge in [0.1, 0.15) is 11.6 Å². The highest BCUT2D eigenvalue weighted by Gasteiger charge is 2.34. The normalized spacial score (nSPS) is 11.5. The van der Waals surface area contributed by atoms with Crippen LogP contribution in [0.5, 0.6) is 0 Å². The molecule has 0 aliphatic heterocycles. The van der Waals surface area contributed by atoms with Crippen LogP contribution in [0.4, 0.5) is 23.4 Å². The number of halogens is 6. The van der Waals surface area contributed by atoms with Crippen LogP contribution in [0.2, 0.25) is 10.0 Å². The lowest BCUT2D eigenvalue weighted by atomic mass is 10.1. The Bertz CT molecular complexity index is 1340. The Kier molecular flexibility index (Phi) is 6.14. The lowest BCUT2D eigenvalue weighted by Gasteiger charge is -2.12. The van der Waals surface area contributed by atoms with Crippen LogP contribution in [0.3, 0.4) is 0 Å². The number of alkyl halides is 3. The van der Waals surface area contributed by atoms with Crippen LogP contribution in [0.15, 0.2) is 72.8 Å². The minimum absolute atomic E-state index is 0.126. The van der Waals surface area contributed by atoms with E-state index in [0.29, 0.717) is 28.5 Å². The average molecular weight is 494 g/mol. The molecule has 33 heavy (non-hydrogen) atoms. The van der Waals surface area contributed by atoms with Gasteiger partial charge in [0.2, 0.25) is 0 Å². The second kappa shape index (κ2) is 8.88. The van der Waals surface area contributed by atoms with Gasteiger partial charge in [-0.2, -0.15) is 18.3 Å². The van der Waals surface area contributed by atoms with E-state index in [-0.39, 0.29) is 16.4 Å². The summed E-state index contributed by atoms with van der Waals surface area (Å²) < 4.78 is 54.1. The molecule has 4 aromatic rings. The zero-order valence-corrected chi connectivity index (χ0v) is 18.0. The number of hydrogen-bond acceptors (Lipinski definition) is 2. The van der Waals surface area contributed by atoms with Crippen LogP contribution in [0, 0.1) is 5.82 Å². The van der Waals surface area contributed by atoms with E-state index in [1.807, 2.05) is 6.07 Å². The van der Waals surface area contributed by atoms with Gasteiger partial charge in [-0.25, -0.2) is 9.07 Å². The van der Waals surface area contributed by atoms with Crippen molar-refractivity contribution in [1.82, 2.24) is 9.78 Å². The van der Waals surface area contributed by atoms with Crippen LogP contribution in [0.25, 0.3) is 16.9 Å². The van der Waals surface area contributed by atoms with Gasteiger partial charge in [-0.1, -0.05) is 53.5 Å². The molecule has 0 radical (unpaired) electrons. The predicted octanol–water partition coefficient (Wildman–Crippen LogP) is 7.26. The van der Waals surface area contributed by atoms with Gasteiger partial charge in [0.05, 0.1) is 22.0 Å². The lowest BCUT2D eigenvalue weighted by Crippen LogP contribution is -2.17. The standard InChI is InChI=1S/C23H13Cl2F4N3O/c24-15-7-8-17(25)20(11-15)32-21(12-19(31-32)13-4-2-1-3-5-13)30-22(33)14-6-9-18(26)16(10-14)23(27,28)29/h1-12H,(H,30,33). The summed E-state index contributed by atoms with van der Waals surface area (Å²) in [5.74, 6) is -2.23. The molecule has 0 aliphatic rings. The Labute approximate surface area is 195 Å². The molecule has 168 valence electrons. The van der Waals surface area contributed by atoms with Crippen LogP contribution in [-0.2, 0) is 6.18 Å². The molecule has 1 N–H and O–H groups in total. The van der Waals surface area contributed by atoms with E-state index in [1.54, 1.807) is 42.5 Å². The number of carbonyl (C=O) groups is 1. The van der Waals surface area contributed by atoms with E-state index in [4.69, 9.17) is 23.2 Å². The van der Waals surface area contributed by atoms with Crippen LogP contribution >= 0.6 is 23.2 Å². The third-order valence-corrected chi connectivity index (χ3v) is 5.25. The van der Waals surface area contributed by atoms with Gasteiger partial charge in [0.15, 0.2) is 0 Å². The van der Waals surface area contributed by atoms with E-state index >= 15 is 0 Å². The highest BCUT2D eigenvalue weighted by Crippen LogP contribution is 2.33. The van der Waals surface area contributed by atoms with Gasteiger partial charge < -0.3 is 5.32 Å². The summed E-state index contributed by atoms with van der Waals surface area (Å²) in [6.45, 7) is 0. The van der Waals surface area contributed by atoms with Crippen molar-refractivity contribution in [2.24, 2.45) is 0 Å². The highest BCUT2D eigenvalue weighted by atomic mass is 35.5. The summed E-state index contributed by atoms with van der Waals surface area (Å²) in [6, 6.07) is 17.2. The molecule has 10 heteroatoms. The first kappa shape index (κ1) is 22.8. The van der Waals surface area contributed by atoms with Gasteiger partial charge in [0, 0.05) is 22.2 Å². The highest BCUT2D eigenvalue weighted by molar-refractivity contribution is 6.34. The fourth-order valence-corrected chi connectivity index (χ4v) is 3.49. The molecule has 1 heterocycles. The second-order valence-corrected chi connectivity index (χ2v) is 7.78. The van der Waals surface area contributed by atoms with Gasteiger partial charge >= 0.3 is 6.18 Å². The molecule has 0 unspecified atom stereocenters. The zero-order chi connectivity index (χ0) is 23.8. The molecule has 0 spiro atoms. The smallest absolute Gasteiger partial charge is 0.306 e. The largest absolute Gasteiger partial charge is 0.419 e. The van der Waals surface area contributed by atoms with E-state index < -0.39 is 23.5 Å². The Hall–Kier alpha value is -3.36. The Morgan fingerprint density at radius 3 is 2.36 bits per heavy atom.